The van der Waals surface area contributed by atoms with Gasteiger partial charge in [-0.2, -0.15) is 0 Å². The van der Waals surface area contributed by atoms with Crippen molar-refractivity contribution in [3.63, 3.8) is 0 Å². The van der Waals surface area contributed by atoms with Gasteiger partial charge in [0.15, 0.2) is 6.61 Å². The monoisotopic (exact) mass is 486 g/mol. The van der Waals surface area contributed by atoms with Crippen LogP contribution in [0.5, 0.6) is 5.75 Å². The molecule has 2 aromatic carbocycles. The highest BCUT2D eigenvalue weighted by molar-refractivity contribution is 7.92. The molecule has 34 heavy (non-hydrogen) atoms. The van der Waals surface area contributed by atoms with Gasteiger partial charge in [-0.15, -0.1) is 0 Å². The van der Waals surface area contributed by atoms with E-state index in [4.69, 9.17) is 9.47 Å². The predicted octanol–water partition coefficient (Wildman–Crippen LogP) is 3.01. The number of amides is 1. The van der Waals surface area contributed by atoms with Crippen molar-refractivity contribution in [3.05, 3.63) is 54.1 Å². The van der Waals surface area contributed by atoms with E-state index in [1.54, 1.807) is 24.0 Å². The minimum absolute atomic E-state index is 0.143. The molecule has 1 saturated heterocycles. The lowest BCUT2D eigenvalue weighted by Crippen LogP contribution is -2.42. The summed E-state index contributed by atoms with van der Waals surface area (Å²) in [6, 6.07) is 13.7. The van der Waals surface area contributed by atoms with E-state index in [9.17, 15) is 18.0 Å². The van der Waals surface area contributed by atoms with Gasteiger partial charge >= 0.3 is 5.97 Å². The SMILES string of the molecule is CCOC(=O)C1CCN(C(=O)COc2ccc(S(=O)(=O)N3CCCc4ccccc43)cc2)CC1. The Kier molecular flexibility index (Phi) is 7.41. The quantitative estimate of drug-likeness (QED) is 0.559. The second-order valence-corrected chi connectivity index (χ2v) is 10.3. The zero-order valence-electron chi connectivity index (χ0n) is 19.3. The number of ether oxygens (including phenoxy) is 2. The maximum Gasteiger partial charge on any atom is 0.309 e. The molecular weight excluding hydrogens is 456 g/mol. The van der Waals surface area contributed by atoms with Crippen molar-refractivity contribution in [2.45, 2.75) is 37.5 Å². The van der Waals surface area contributed by atoms with E-state index in [1.165, 1.54) is 16.4 Å². The fraction of sp³-hybridized carbons (Fsp3) is 0.440. The molecule has 0 unspecified atom stereocenters. The Morgan fingerprint density at radius 1 is 1.00 bits per heavy atom. The van der Waals surface area contributed by atoms with E-state index in [1.807, 2.05) is 24.3 Å². The minimum atomic E-state index is -3.69. The number of esters is 1. The molecule has 0 spiro atoms. The molecule has 0 radical (unpaired) electrons. The van der Waals surface area contributed by atoms with E-state index >= 15 is 0 Å². The summed E-state index contributed by atoms with van der Waals surface area (Å²) >= 11 is 0. The van der Waals surface area contributed by atoms with Crippen LogP contribution in [-0.4, -0.2) is 58.0 Å². The van der Waals surface area contributed by atoms with Crippen molar-refractivity contribution in [1.82, 2.24) is 4.90 Å². The number of hydrogen-bond acceptors (Lipinski definition) is 6. The van der Waals surface area contributed by atoms with Crippen LogP contribution < -0.4 is 9.04 Å². The van der Waals surface area contributed by atoms with Gasteiger partial charge in [0.2, 0.25) is 0 Å². The Labute approximate surface area is 200 Å². The van der Waals surface area contributed by atoms with Gasteiger partial charge in [-0.3, -0.25) is 13.9 Å². The summed E-state index contributed by atoms with van der Waals surface area (Å²) in [5.74, 6) is -0.100. The lowest BCUT2D eigenvalue weighted by Gasteiger charge is -2.31. The van der Waals surface area contributed by atoms with Gasteiger partial charge in [0.05, 0.1) is 23.1 Å². The Balaban J connectivity index is 1.33. The van der Waals surface area contributed by atoms with Gasteiger partial charge in [-0.05, 0) is 68.5 Å². The Hall–Kier alpha value is -3.07. The molecule has 0 N–H and O–H groups in total. The first-order valence-corrected chi connectivity index (χ1v) is 13.1. The Morgan fingerprint density at radius 2 is 1.71 bits per heavy atom. The van der Waals surface area contributed by atoms with Crippen LogP contribution >= 0.6 is 0 Å². The van der Waals surface area contributed by atoms with Crippen molar-refractivity contribution >= 4 is 27.6 Å². The van der Waals surface area contributed by atoms with Crippen LogP contribution in [0.1, 0.15) is 31.7 Å². The number of para-hydroxylation sites is 1. The summed E-state index contributed by atoms with van der Waals surface area (Å²) in [6.45, 7) is 3.41. The third kappa shape index (κ3) is 5.19. The van der Waals surface area contributed by atoms with Gasteiger partial charge in [0.1, 0.15) is 5.75 Å². The number of anilines is 1. The largest absolute Gasteiger partial charge is 0.484 e. The van der Waals surface area contributed by atoms with Gasteiger partial charge in [-0.25, -0.2) is 8.42 Å². The van der Waals surface area contributed by atoms with Crippen LogP contribution in [0.15, 0.2) is 53.4 Å². The number of fused-ring (bicyclic) bond motifs is 1. The number of sulfonamides is 1. The topological polar surface area (TPSA) is 93.2 Å². The molecule has 2 heterocycles. The fourth-order valence-corrected chi connectivity index (χ4v) is 5.99. The number of benzene rings is 2. The van der Waals surface area contributed by atoms with E-state index in [-0.39, 0.29) is 29.3 Å². The molecule has 8 nitrogen and oxygen atoms in total. The first-order chi connectivity index (χ1) is 16.4. The van der Waals surface area contributed by atoms with Gasteiger partial charge in [0, 0.05) is 19.6 Å². The first kappa shape index (κ1) is 24.1. The summed E-state index contributed by atoms with van der Waals surface area (Å²) in [5.41, 5.74) is 1.76. The molecule has 182 valence electrons. The smallest absolute Gasteiger partial charge is 0.309 e. The average Bonchev–Trinajstić information content (AvgIpc) is 2.87. The summed E-state index contributed by atoms with van der Waals surface area (Å²) in [5, 5.41) is 0. The van der Waals surface area contributed by atoms with E-state index in [2.05, 4.69) is 0 Å². The number of rotatable bonds is 7. The standard InChI is InChI=1S/C25H30N2O6S/c1-2-32-25(29)20-13-16-26(17-14-20)24(28)18-33-21-9-11-22(12-10-21)34(30,31)27-15-5-7-19-6-3-4-8-23(19)27/h3-4,6,8-12,20H,2,5,7,13-18H2,1H3. The number of piperidine rings is 1. The fourth-order valence-electron chi connectivity index (χ4n) is 4.44. The van der Waals surface area contributed by atoms with E-state index in [0.29, 0.717) is 44.8 Å². The number of hydrogen-bond donors (Lipinski definition) is 0. The average molecular weight is 487 g/mol. The highest BCUT2D eigenvalue weighted by Crippen LogP contribution is 2.32. The Morgan fingerprint density at radius 3 is 2.41 bits per heavy atom. The van der Waals surface area contributed by atoms with Gasteiger partial charge < -0.3 is 14.4 Å². The summed E-state index contributed by atoms with van der Waals surface area (Å²) in [7, 11) is -3.69. The van der Waals surface area contributed by atoms with Crippen LogP contribution in [0.3, 0.4) is 0 Å². The van der Waals surface area contributed by atoms with Gasteiger partial charge in [0.25, 0.3) is 15.9 Å². The van der Waals surface area contributed by atoms with Crippen LogP contribution in [-0.2, 0) is 30.8 Å². The van der Waals surface area contributed by atoms with Crippen molar-refractivity contribution in [1.29, 1.82) is 0 Å². The third-order valence-corrected chi connectivity index (χ3v) is 8.14. The molecular formula is C25H30N2O6S. The van der Waals surface area contributed by atoms with Crippen LogP contribution in [0.4, 0.5) is 5.69 Å². The molecule has 1 fully saturated rings. The first-order valence-electron chi connectivity index (χ1n) is 11.7. The molecule has 0 bridgehead atoms. The highest BCUT2D eigenvalue weighted by Gasteiger charge is 2.30. The molecule has 9 heteroatoms. The lowest BCUT2D eigenvalue weighted by molar-refractivity contribution is -0.151. The summed E-state index contributed by atoms with van der Waals surface area (Å²) < 4.78 is 38.6. The summed E-state index contributed by atoms with van der Waals surface area (Å²) in [6.07, 6.45) is 2.80. The van der Waals surface area contributed by atoms with Crippen molar-refractivity contribution < 1.29 is 27.5 Å². The minimum Gasteiger partial charge on any atom is -0.484 e. The van der Waals surface area contributed by atoms with Crippen LogP contribution in [0, 0.1) is 5.92 Å². The molecule has 2 aromatic rings. The van der Waals surface area contributed by atoms with E-state index in [0.717, 1.165) is 24.1 Å². The number of carbonyl (C=O) groups is 2. The number of carbonyl (C=O) groups excluding carboxylic acids is 2. The van der Waals surface area contributed by atoms with Crippen molar-refractivity contribution in [2.75, 3.05) is 37.2 Å². The zero-order valence-corrected chi connectivity index (χ0v) is 20.1. The second-order valence-electron chi connectivity index (χ2n) is 8.48. The molecule has 4 rings (SSSR count). The van der Waals surface area contributed by atoms with Crippen molar-refractivity contribution in [2.24, 2.45) is 5.92 Å². The molecule has 0 aromatic heterocycles. The highest BCUT2D eigenvalue weighted by atomic mass is 32.2. The van der Waals surface area contributed by atoms with Crippen LogP contribution in [0.25, 0.3) is 0 Å². The molecule has 0 saturated carbocycles. The molecule has 0 atom stereocenters. The molecule has 1 amide bonds. The molecule has 2 aliphatic rings. The number of aryl methyl sites for hydroxylation is 1. The summed E-state index contributed by atoms with van der Waals surface area (Å²) in [4.78, 5) is 26.2. The predicted molar refractivity (Wildman–Crippen MR) is 127 cm³/mol. The maximum atomic E-state index is 13.2. The molecule has 0 aliphatic carbocycles. The molecule has 2 aliphatic heterocycles. The van der Waals surface area contributed by atoms with Gasteiger partial charge in [-0.1, -0.05) is 18.2 Å². The van der Waals surface area contributed by atoms with Crippen LogP contribution in [0.2, 0.25) is 0 Å². The Bertz CT molecular complexity index is 1120. The normalized spacial score (nSPS) is 16.6. The zero-order chi connectivity index (χ0) is 24.1. The third-order valence-electron chi connectivity index (χ3n) is 6.31. The number of nitrogens with zero attached hydrogens (tertiary/aromatic N) is 2. The maximum absolute atomic E-state index is 13.2. The van der Waals surface area contributed by atoms with E-state index < -0.39 is 10.0 Å². The van der Waals surface area contributed by atoms with Crippen molar-refractivity contribution in [3.8, 4) is 5.75 Å². The second kappa shape index (κ2) is 10.5. The number of likely N-dealkylation sites (tertiary alicyclic amines) is 1. The lowest BCUT2D eigenvalue weighted by atomic mass is 9.97.